The van der Waals surface area contributed by atoms with Gasteiger partial charge in [0.25, 0.3) is 0 Å². The molecule has 5 heteroatoms. The van der Waals surface area contributed by atoms with Crippen LogP contribution in [0.4, 0.5) is 4.39 Å². The smallest absolute Gasteiger partial charge is 0.249 e. The first-order valence-corrected chi connectivity index (χ1v) is 8.52. The lowest BCUT2D eigenvalue weighted by molar-refractivity contribution is -0.133. The van der Waals surface area contributed by atoms with Crippen molar-refractivity contribution in [2.24, 2.45) is 5.92 Å². The largest absolute Gasteiger partial charge is 0.383 e. The SMILES string of the molecule is C[C@H](c1ccc(F)cc1)N1CCC([C@@H](O)C(=O)NC2CC2)CC1. The van der Waals surface area contributed by atoms with Gasteiger partial charge in [0.2, 0.25) is 5.91 Å². The van der Waals surface area contributed by atoms with Crippen LogP contribution in [-0.4, -0.2) is 41.1 Å². The normalized spacial score (nSPS) is 22.6. The minimum atomic E-state index is -0.890. The molecule has 4 nitrogen and oxygen atoms in total. The minimum absolute atomic E-state index is 0.0328. The van der Waals surface area contributed by atoms with Gasteiger partial charge in [-0.2, -0.15) is 0 Å². The van der Waals surface area contributed by atoms with Crippen molar-refractivity contribution >= 4 is 5.91 Å². The topological polar surface area (TPSA) is 52.6 Å². The molecule has 1 aliphatic carbocycles. The summed E-state index contributed by atoms with van der Waals surface area (Å²) in [5.41, 5.74) is 1.09. The molecule has 2 aliphatic rings. The van der Waals surface area contributed by atoms with Crippen LogP contribution in [-0.2, 0) is 4.79 Å². The van der Waals surface area contributed by atoms with Crippen molar-refractivity contribution in [2.75, 3.05) is 13.1 Å². The predicted octanol–water partition coefficient (Wildman–Crippen LogP) is 2.24. The fourth-order valence-electron chi connectivity index (χ4n) is 3.30. The summed E-state index contributed by atoms with van der Waals surface area (Å²) in [6.07, 6.45) is 2.80. The average Bonchev–Trinajstić information content (AvgIpc) is 3.38. The number of likely N-dealkylation sites (tertiary alicyclic amines) is 1. The van der Waals surface area contributed by atoms with Crippen LogP contribution in [0.2, 0.25) is 0 Å². The number of rotatable bonds is 5. The lowest BCUT2D eigenvalue weighted by atomic mass is 9.89. The highest BCUT2D eigenvalue weighted by molar-refractivity contribution is 5.81. The van der Waals surface area contributed by atoms with E-state index in [0.29, 0.717) is 0 Å². The van der Waals surface area contributed by atoms with Crippen LogP contribution in [0.15, 0.2) is 24.3 Å². The van der Waals surface area contributed by atoms with E-state index >= 15 is 0 Å². The van der Waals surface area contributed by atoms with Crippen molar-refractivity contribution in [1.82, 2.24) is 10.2 Å². The number of carbonyl (C=O) groups is 1. The van der Waals surface area contributed by atoms with E-state index in [1.54, 1.807) is 0 Å². The van der Waals surface area contributed by atoms with Crippen molar-refractivity contribution in [3.8, 4) is 0 Å². The van der Waals surface area contributed by atoms with Crippen molar-refractivity contribution in [3.63, 3.8) is 0 Å². The molecule has 1 aromatic carbocycles. The van der Waals surface area contributed by atoms with Crippen molar-refractivity contribution < 1.29 is 14.3 Å². The molecular weight excluding hydrogens is 295 g/mol. The summed E-state index contributed by atoms with van der Waals surface area (Å²) in [4.78, 5) is 14.3. The lowest BCUT2D eigenvalue weighted by Crippen LogP contribution is -2.45. The second-order valence-electron chi connectivity index (χ2n) is 6.83. The molecule has 1 saturated heterocycles. The number of nitrogens with zero attached hydrogens (tertiary/aromatic N) is 1. The van der Waals surface area contributed by atoms with E-state index in [0.717, 1.165) is 44.3 Å². The molecule has 1 amide bonds. The molecular formula is C18H25FN2O2. The monoisotopic (exact) mass is 320 g/mol. The molecule has 1 heterocycles. The van der Waals surface area contributed by atoms with Gasteiger partial charge in [-0.3, -0.25) is 9.69 Å². The van der Waals surface area contributed by atoms with Gasteiger partial charge in [0.1, 0.15) is 11.9 Å². The van der Waals surface area contributed by atoms with E-state index in [9.17, 15) is 14.3 Å². The number of benzene rings is 1. The maximum Gasteiger partial charge on any atom is 0.249 e. The molecule has 3 rings (SSSR count). The lowest BCUT2D eigenvalue weighted by Gasteiger charge is -2.37. The summed E-state index contributed by atoms with van der Waals surface area (Å²) in [7, 11) is 0. The highest BCUT2D eigenvalue weighted by Crippen LogP contribution is 2.28. The molecule has 0 spiro atoms. The summed E-state index contributed by atoms with van der Waals surface area (Å²) in [5, 5.41) is 13.1. The zero-order valence-corrected chi connectivity index (χ0v) is 13.5. The van der Waals surface area contributed by atoms with Gasteiger partial charge in [-0.15, -0.1) is 0 Å². The van der Waals surface area contributed by atoms with Gasteiger partial charge in [0.05, 0.1) is 0 Å². The number of aliphatic hydroxyl groups excluding tert-OH is 1. The average molecular weight is 320 g/mol. The molecule has 0 bridgehead atoms. The molecule has 126 valence electrons. The van der Waals surface area contributed by atoms with Crippen LogP contribution in [0.1, 0.15) is 44.2 Å². The molecule has 2 fully saturated rings. The molecule has 2 N–H and O–H groups in total. The number of piperidine rings is 1. The van der Waals surface area contributed by atoms with E-state index in [1.807, 2.05) is 12.1 Å². The second kappa shape index (κ2) is 6.97. The fraction of sp³-hybridized carbons (Fsp3) is 0.611. The van der Waals surface area contributed by atoms with Crippen LogP contribution in [0, 0.1) is 11.7 Å². The van der Waals surface area contributed by atoms with Crippen LogP contribution < -0.4 is 5.32 Å². The second-order valence-corrected chi connectivity index (χ2v) is 6.83. The van der Waals surface area contributed by atoms with E-state index in [2.05, 4.69) is 17.1 Å². The maximum absolute atomic E-state index is 13.0. The van der Waals surface area contributed by atoms with Crippen molar-refractivity contribution in [2.45, 2.75) is 50.8 Å². The number of carbonyl (C=O) groups excluding carboxylic acids is 1. The maximum atomic E-state index is 13.0. The number of halogens is 1. The first-order valence-electron chi connectivity index (χ1n) is 8.52. The third kappa shape index (κ3) is 4.09. The molecule has 0 unspecified atom stereocenters. The molecule has 0 aromatic heterocycles. The molecule has 1 aromatic rings. The summed E-state index contributed by atoms with van der Waals surface area (Å²) < 4.78 is 13.0. The summed E-state index contributed by atoms with van der Waals surface area (Å²) in [6, 6.07) is 7.13. The zero-order chi connectivity index (χ0) is 16.4. The van der Waals surface area contributed by atoms with Crippen LogP contribution >= 0.6 is 0 Å². The Labute approximate surface area is 136 Å². The number of hydrogen-bond donors (Lipinski definition) is 2. The number of hydrogen-bond acceptors (Lipinski definition) is 3. The minimum Gasteiger partial charge on any atom is -0.383 e. The Bertz CT molecular complexity index is 536. The summed E-state index contributed by atoms with van der Waals surface area (Å²) in [6.45, 7) is 3.80. The third-order valence-corrected chi connectivity index (χ3v) is 5.11. The third-order valence-electron chi connectivity index (χ3n) is 5.11. The number of nitrogens with one attached hydrogen (secondary N) is 1. The van der Waals surface area contributed by atoms with Gasteiger partial charge in [0.15, 0.2) is 0 Å². The van der Waals surface area contributed by atoms with Gasteiger partial charge in [-0.1, -0.05) is 12.1 Å². The molecule has 0 radical (unpaired) electrons. The van der Waals surface area contributed by atoms with E-state index in [1.165, 1.54) is 12.1 Å². The Hall–Kier alpha value is -1.46. The quantitative estimate of drug-likeness (QED) is 0.875. The number of aliphatic hydroxyl groups is 1. The highest BCUT2D eigenvalue weighted by atomic mass is 19.1. The van der Waals surface area contributed by atoms with Gasteiger partial charge in [-0.25, -0.2) is 4.39 Å². The van der Waals surface area contributed by atoms with E-state index in [4.69, 9.17) is 0 Å². The van der Waals surface area contributed by atoms with Gasteiger partial charge >= 0.3 is 0 Å². The Balaban J connectivity index is 1.51. The highest BCUT2D eigenvalue weighted by Gasteiger charge is 2.33. The molecule has 1 aliphatic heterocycles. The Morgan fingerprint density at radius 3 is 2.39 bits per heavy atom. The molecule has 1 saturated carbocycles. The Morgan fingerprint density at radius 1 is 1.22 bits per heavy atom. The van der Waals surface area contributed by atoms with Crippen LogP contribution in [0.5, 0.6) is 0 Å². The standard InChI is InChI=1S/C18H25FN2O2/c1-12(13-2-4-15(19)5-3-13)21-10-8-14(9-11-21)17(22)18(23)20-16-6-7-16/h2-5,12,14,16-17,22H,6-11H2,1H3,(H,20,23)/t12-,17-/m1/s1. The molecule has 2 atom stereocenters. The van der Waals surface area contributed by atoms with Crippen LogP contribution in [0.3, 0.4) is 0 Å². The summed E-state index contributed by atoms with van der Waals surface area (Å²) >= 11 is 0. The Morgan fingerprint density at radius 2 is 1.83 bits per heavy atom. The van der Waals surface area contributed by atoms with E-state index < -0.39 is 6.10 Å². The van der Waals surface area contributed by atoms with Gasteiger partial charge < -0.3 is 10.4 Å². The number of amides is 1. The van der Waals surface area contributed by atoms with Crippen LogP contribution in [0.25, 0.3) is 0 Å². The van der Waals surface area contributed by atoms with Gasteiger partial charge in [-0.05, 0) is 69.3 Å². The first-order chi connectivity index (χ1) is 11.0. The Kier molecular flexibility index (Phi) is 4.97. The summed E-state index contributed by atoms with van der Waals surface area (Å²) in [5.74, 6) is -0.396. The molecule has 23 heavy (non-hydrogen) atoms. The fourth-order valence-corrected chi connectivity index (χ4v) is 3.30. The first kappa shape index (κ1) is 16.4. The predicted molar refractivity (Wildman–Crippen MR) is 86.3 cm³/mol. The van der Waals surface area contributed by atoms with Gasteiger partial charge in [0, 0.05) is 12.1 Å². The van der Waals surface area contributed by atoms with Crippen molar-refractivity contribution in [1.29, 1.82) is 0 Å². The van der Waals surface area contributed by atoms with Crippen molar-refractivity contribution in [3.05, 3.63) is 35.6 Å². The zero-order valence-electron chi connectivity index (χ0n) is 13.5. The van der Waals surface area contributed by atoms with E-state index in [-0.39, 0.29) is 29.7 Å².